The number of benzene rings is 1. The smallest absolute Gasteiger partial charge is 0.328 e. The molecule has 106 valence electrons. The number of nitrogens with one attached hydrogen (secondary N) is 1. The Bertz CT molecular complexity index is 460. The number of rotatable bonds is 3. The minimum Gasteiger partial charge on any atom is -0.328 e. The lowest BCUT2D eigenvalue weighted by molar-refractivity contribution is -0.138. The quantitative estimate of drug-likeness (QED) is 0.891. The Balaban J connectivity index is 3.02. The van der Waals surface area contributed by atoms with Crippen molar-refractivity contribution in [1.82, 2.24) is 4.90 Å². The maximum Gasteiger partial charge on any atom is 0.416 e. The SMILES string of the molecule is CCN(C)C(=O)Nc1ccc(CN)c(C(F)(F)F)c1. The molecule has 1 aromatic rings. The number of urea groups is 1. The van der Waals surface area contributed by atoms with E-state index in [1.54, 1.807) is 14.0 Å². The van der Waals surface area contributed by atoms with Crippen molar-refractivity contribution < 1.29 is 18.0 Å². The van der Waals surface area contributed by atoms with Gasteiger partial charge in [-0.3, -0.25) is 0 Å². The van der Waals surface area contributed by atoms with E-state index in [0.717, 1.165) is 6.07 Å². The standard InChI is InChI=1S/C12H16F3N3O/c1-3-18(2)11(19)17-9-5-4-8(7-16)10(6-9)12(13,14)15/h4-6H,3,7,16H2,1-2H3,(H,17,19). The Morgan fingerprint density at radius 3 is 2.53 bits per heavy atom. The number of halogens is 3. The third kappa shape index (κ3) is 3.85. The third-order valence-corrected chi connectivity index (χ3v) is 2.71. The van der Waals surface area contributed by atoms with Gasteiger partial charge in [-0.25, -0.2) is 4.79 Å². The van der Waals surface area contributed by atoms with Gasteiger partial charge in [0.15, 0.2) is 0 Å². The largest absolute Gasteiger partial charge is 0.416 e. The fourth-order valence-corrected chi connectivity index (χ4v) is 1.46. The normalized spacial score (nSPS) is 11.3. The van der Waals surface area contributed by atoms with Crippen molar-refractivity contribution >= 4 is 11.7 Å². The molecule has 0 aliphatic carbocycles. The number of amides is 2. The molecule has 0 aliphatic heterocycles. The average molecular weight is 275 g/mol. The number of alkyl halides is 3. The number of carbonyl (C=O) groups excluding carboxylic acids is 1. The Hall–Kier alpha value is -1.76. The molecule has 0 saturated carbocycles. The zero-order valence-corrected chi connectivity index (χ0v) is 10.7. The molecule has 7 heteroatoms. The monoisotopic (exact) mass is 275 g/mol. The highest BCUT2D eigenvalue weighted by molar-refractivity contribution is 5.89. The first-order chi connectivity index (χ1) is 8.79. The van der Waals surface area contributed by atoms with Crippen LogP contribution < -0.4 is 11.1 Å². The lowest BCUT2D eigenvalue weighted by Gasteiger charge is -2.17. The van der Waals surface area contributed by atoms with E-state index in [0.29, 0.717) is 6.54 Å². The Morgan fingerprint density at radius 1 is 1.42 bits per heavy atom. The lowest BCUT2D eigenvalue weighted by Crippen LogP contribution is -2.31. The highest BCUT2D eigenvalue weighted by Crippen LogP contribution is 2.33. The van der Waals surface area contributed by atoms with Crippen molar-refractivity contribution in [3.63, 3.8) is 0 Å². The predicted octanol–water partition coefficient (Wildman–Crippen LogP) is 2.65. The molecule has 0 fully saturated rings. The van der Waals surface area contributed by atoms with Crippen LogP contribution in [0, 0.1) is 0 Å². The molecule has 0 heterocycles. The number of hydrogen-bond donors (Lipinski definition) is 2. The van der Waals surface area contributed by atoms with Crippen LogP contribution >= 0.6 is 0 Å². The van der Waals surface area contributed by atoms with Gasteiger partial charge in [-0.2, -0.15) is 13.2 Å². The van der Waals surface area contributed by atoms with Crippen LogP contribution in [-0.2, 0) is 12.7 Å². The van der Waals surface area contributed by atoms with E-state index < -0.39 is 17.8 Å². The minimum atomic E-state index is -4.49. The van der Waals surface area contributed by atoms with Crippen LogP contribution in [0.25, 0.3) is 0 Å². The summed E-state index contributed by atoms with van der Waals surface area (Å²) in [6.07, 6.45) is -4.49. The lowest BCUT2D eigenvalue weighted by atomic mass is 10.1. The van der Waals surface area contributed by atoms with Crippen molar-refractivity contribution in [2.75, 3.05) is 18.9 Å². The number of nitrogens with two attached hydrogens (primary N) is 1. The summed E-state index contributed by atoms with van der Waals surface area (Å²) in [4.78, 5) is 12.9. The summed E-state index contributed by atoms with van der Waals surface area (Å²) in [5, 5.41) is 2.40. The maximum atomic E-state index is 12.8. The molecule has 0 aliphatic rings. The van der Waals surface area contributed by atoms with E-state index in [1.165, 1.54) is 17.0 Å². The summed E-state index contributed by atoms with van der Waals surface area (Å²) in [7, 11) is 1.55. The number of nitrogens with zero attached hydrogens (tertiary/aromatic N) is 1. The van der Waals surface area contributed by atoms with Gasteiger partial charge in [-0.15, -0.1) is 0 Å². The van der Waals surface area contributed by atoms with E-state index in [-0.39, 0.29) is 17.8 Å². The molecule has 0 saturated heterocycles. The Labute approximate surface area is 109 Å². The summed E-state index contributed by atoms with van der Waals surface area (Å²) in [6, 6.07) is 3.10. The van der Waals surface area contributed by atoms with Gasteiger partial charge in [0.2, 0.25) is 0 Å². The molecule has 0 spiro atoms. The van der Waals surface area contributed by atoms with Crippen molar-refractivity contribution in [1.29, 1.82) is 0 Å². The van der Waals surface area contributed by atoms with Gasteiger partial charge in [0.1, 0.15) is 0 Å². The number of anilines is 1. The van der Waals surface area contributed by atoms with E-state index in [4.69, 9.17) is 5.73 Å². The second-order valence-corrected chi connectivity index (χ2v) is 4.02. The van der Waals surface area contributed by atoms with E-state index in [9.17, 15) is 18.0 Å². The van der Waals surface area contributed by atoms with Crippen molar-refractivity contribution in [3.8, 4) is 0 Å². The van der Waals surface area contributed by atoms with Crippen LogP contribution in [-0.4, -0.2) is 24.5 Å². The van der Waals surface area contributed by atoms with E-state index >= 15 is 0 Å². The molecule has 1 aromatic carbocycles. The maximum absolute atomic E-state index is 12.8. The highest BCUT2D eigenvalue weighted by atomic mass is 19.4. The molecule has 19 heavy (non-hydrogen) atoms. The molecule has 4 nitrogen and oxygen atoms in total. The van der Waals surface area contributed by atoms with Crippen LogP contribution in [0.2, 0.25) is 0 Å². The Kier molecular flexibility index (Phi) is 4.77. The molecule has 0 atom stereocenters. The third-order valence-electron chi connectivity index (χ3n) is 2.71. The first kappa shape index (κ1) is 15.3. The van der Waals surface area contributed by atoms with Crippen LogP contribution in [0.15, 0.2) is 18.2 Å². The first-order valence-corrected chi connectivity index (χ1v) is 5.72. The molecular formula is C12H16F3N3O. The summed E-state index contributed by atoms with van der Waals surface area (Å²) in [5.74, 6) is 0. The second kappa shape index (κ2) is 5.92. The van der Waals surface area contributed by atoms with Crippen LogP contribution in [0.5, 0.6) is 0 Å². The van der Waals surface area contributed by atoms with Gasteiger partial charge in [0.05, 0.1) is 5.56 Å². The average Bonchev–Trinajstić information content (AvgIpc) is 2.36. The number of carbonyl (C=O) groups is 1. The molecular weight excluding hydrogens is 259 g/mol. The van der Waals surface area contributed by atoms with E-state index in [2.05, 4.69) is 5.32 Å². The Morgan fingerprint density at radius 2 is 2.05 bits per heavy atom. The zero-order valence-electron chi connectivity index (χ0n) is 10.7. The van der Waals surface area contributed by atoms with Crippen LogP contribution in [0.1, 0.15) is 18.1 Å². The van der Waals surface area contributed by atoms with Crippen molar-refractivity contribution in [2.45, 2.75) is 19.6 Å². The fraction of sp³-hybridized carbons (Fsp3) is 0.417. The molecule has 0 aromatic heterocycles. The van der Waals surface area contributed by atoms with Gasteiger partial charge in [-0.05, 0) is 24.6 Å². The van der Waals surface area contributed by atoms with Crippen molar-refractivity contribution in [2.24, 2.45) is 5.73 Å². The molecule has 0 bridgehead atoms. The van der Waals surface area contributed by atoms with Gasteiger partial charge in [-0.1, -0.05) is 6.07 Å². The van der Waals surface area contributed by atoms with Gasteiger partial charge in [0, 0.05) is 25.8 Å². The fourth-order valence-electron chi connectivity index (χ4n) is 1.46. The molecule has 1 rings (SSSR count). The second-order valence-electron chi connectivity index (χ2n) is 4.02. The predicted molar refractivity (Wildman–Crippen MR) is 66.7 cm³/mol. The van der Waals surface area contributed by atoms with E-state index in [1.807, 2.05) is 0 Å². The summed E-state index contributed by atoms with van der Waals surface area (Å²) >= 11 is 0. The molecule has 0 unspecified atom stereocenters. The van der Waals surface area contributed by atoms with Crippen molar-refractivity contribution in [3.05, 3.63) is 29.3 Å². The first-order valence-electron chi connectivity index (χ1n) is 5.72. The number of hydrogen-bond acceptors (Lipinski definition) is 2. The van der Waals surface area contributed by atoms with Crippen LogP contribution in [0.3, 0.4) is 0 Å². The molecule has 3 N–H and O–H groups in total. The zero-order chi connectivity index (χ0) is 14.6. The summed E-state index contributed by atoms with van der Waals surface area (Å²) < 4.78 is 38.4. The van der Waals surface area contributed by atoms with Gasteiger partial charge in [0.25, 0.3) is 0 Å². The van der Waals surface area contributed by atoms with Gasteiger partial charge >= 0.3 is 12.2 Å². The topological polar surface area (TPSA) is 58.4 Å². The molecule has 2 amide bonds. The summed E-state index contributed by atoms with van der Waals surface area (Å²) in [6.45, 7) is 2.01. The summed E-state index contributed by atoms with van der Waals surface area (Å²) in [5.41, 5.74) is 4.53. The van der Waals surface area contributed by atoms with Gasteiger partial charge < -0.3 is 16.0 Å². The minimum absolute atomic E-state index is 0.00524. The molecule has 0 radical (unpaired) electrons. The highest BCUT2D eigenvalue weighted by Gasteiger charge is 2.33. The van der Waals surface area contributed by atoms with Crippen LogP contribution in [0.4, 0.5) is 23.7 Å².